The molecule has 0 bridgehead atoms. The van der Waals surface area contributed by atoms with Crippen LogP contribution in [0.4, 0.5) is 4.79 Å². The minimum absolute atomic E-state index is 0.0344. The first kappa shape index (κ1) is 38.8. The number of benzene rings is 2. The van der Waals surface area contributed by atoms with E-state index in [1.165, 1.54) is 15.5 Å². The highest BCUT2D eigenvalue weighted by Crippen LogP contribution is 2.43. The summed E-state index contributed by atoms with van der Waals surface area (Å²) < 4.78 is 18.2. The molecule has 1 atom stereocenters. The average Bonchev–Trinajstić information content (AvgIpc) is 3.56. The highest BCUT2D eigenvalue weighted by molar-refractivity contribution is 6.39. The highest BCUT2D eigenvalue weighted by Gasteiger charge is 2.48. The molecule has 57 heavy (non-hydrogen) atoms. The van der Waals surface area contributed by atoms with Crippen LogP contribution in [-0.2, 0) is 27.4 Å². The van der Waals surface area contributed by atoms with Gasteiger partial charge in [0, 0.05) is 84.3 Å². The zero-order valence-electron chi connectivity index (χ0n) is 32.3. The van der Waals surface area contributed by atoms with Gasteiger partial charge in [-0.1, -0.05) is 65.7 Å². The molecule has 1 spiro atoms. The van der Waals surface area contributed by atoms with Gasteiger partial charge in [0.15, 0.2) is 0 Å². The van der Waals surface area contributed by atoms with Crippen molar-refractivity contribution in [2.45, 2.75) is 58.3 Å². The fourth-order valence-corrected chi connectivity index (χ4v) is 8.51. The molecule has 8 rings (SSSR count). The number of likely N-dealkylation sites (tertiary alicyclic amines) is 1. The standard InChI is InChI=1S/C43H44Cl2N6O6/c1-42(2,3)57-41(54)50(21-29-12-14-36(52)47-29)20-28-18-46-35-17-26(15-16-51(35)40(28)53)30-7-5-8-31(37(30)44)32-9-6-10-33(38(32)45)34-13-11-27(39(48-34)55-4)19-49-22-43(23-49)24-56-25-43/h5-11,13,15-18,29H,12,14,19-25H2,1-4H3,(H,47,52)/t29-/m0/s1. The Hall–Kier alpha value is -5.01. The second-order valence-electron chi connectivity index (χ2n) is 16.2. The van der Waals surface area contributed by atoms with Gasteiger partial charge in [0.25, 0.3) is 5.56 Å². The molecule has 12 nitrogen and oxygen atoms in total. The van der Waals surface area contributed by atoms with Gasteiger partial charge in [-0.25, -0.2) is 14.8 Å². The van der Waals surface area contributed by atoms with E-state index in [9.17, 15) is 14.4 Å². The minimum Gasteiger partial charge on any atom is -0.481 e. The average molecular weight is 812 g/mol. The zero-order chi connectivity index (χ0) is 40.1. The maximum absolute atomic E-state index is 13.8. The van der Waals surface area contributed by atoms with Crippen LogP contribution in [0.15, 0.2) is 77.9 Å². The number of amides is 2. The third-order valence-corrected chi connectivity index (χ3v) is 11.5. The topological polar surface area (TPSA) is 128 Å². The molecule has 6 heterocycles. The van der Waals surface area contributed by atoms with Crippen molar-refractivity contribution in [3.05, 3.63) is 105 Å². The molecule has 296 valence electrons. The highest BCUT2D eigenvalue weighted by atomic mass is 35.5. The molecule has 0 radical (unpaired) electrons. The first-order valence-electron chi connectivity index (χ1n) is 19.0. The summed E-state index contributed by atoms with van der Waals surface area (Å²) in [6.07, 6.45) is 3.54. The maximum Gasteiger partial charge on any atom is 0.410 e. The van der Waals surface area contributed by atoms with E-state index in [4.69, 9.17) is 42.4 Å². The third kappa shape index (κ3) is 7.96. The lowest BCUT2D eigenvalue weighted by atomic mass is 9.78. The molecule has 2 amide bonds. The van der Waals surface area contributed by atoms with E-state index < -0.39 is 11.7 Å². The summed E-state index contributed by atoms with van der Waals surface area (Å²) in [5.74, 6) is 0.500. The van der Waals surface area contributed by atoms with Crippen molar-refractivity contribution in [2.24, 2.45) is 5.41 Å². The number of hydrogen-bond acceptors (Lipinski definition) is 9. The number of carbonyl (C=O) groups excluding carboxylic acids is 2. The monoisotopic (exact) mass is 810 g/mol. The van der Waals surface area contributed by atoms with Crippen LogP contribution in [-0.4, -0.2) is 87.8 Å². The van der Waals surface area contributed by atoms with Crippen molar-refractivity contribution >= 4 is 40.8 Å². The number of nitrogens with zero attached hydrogens (tertiary/aromatic N) is 5. The van der Waals surface area contributed by atoms with Crippen molar-refractivity contribution in [3.63, 3.8) is 0 Å². The number of aromatic nitrogens is 3. The third-order valence-electron chi connectivity index (χ3n) is 10.7. The molecule has 0 saturated carbocycles. The minimum atomic E-state index is -0.741. The fraction of sp³-hybridized carbons (Fsp3) is 0.372. The number of rotatable bonds is 10. The number of ether oxygens (including phenoxy) is 3. The van der Waals surface area contributed by atoms with E-state index in [2.05, 4.69) is 21.3 Å². The Balaban J connectivity index is 1.04. The summed E-state index contributed by atoms with van der Waals surface area (Å²) >= 11 is 14.3. The molecule has 1 N–H and O–H groups in total. The second kappa shape index (κ2) is 15.4. The van der Waals surface area contributed by atoms with Crippen LogP contribution in [0.1, 0.15) is 44.7 Å². The number of nitrogens with one attached hydrogen (secondary N) is 1. The number of carbonyl (C=O) groups is 2. The van der Waals surface area contributed by atoms with Gasteiger partial charge < -0.3 is 24.4 Å². The van der Waals surface area contributed by atoms with E-state index >= 15 is 0 Å². The van der Waals surface area contributed by atoms with Crippen molar-refractivity contribution in [3.8, 4) is 39.4 Å². The Kier molecular flexibility index (Phi) is 10.5. The predicted octanol–water partition coefficient (Wildman–Crippen LogP) is 7.25. The van der Waals surface area contributed by atoms with Gasteiger partial charge in [0.1, 0.15) is 11.2 Å². The molecule has 14 heteroatoms. The van der Waals surface area contributed by atoms with Crippen molar-refractivity contribution in [2.75, 3.05) is 40.0 Å². The van der Waals surface area contributed by atoms with Crippen LogP contribution < -0.4 is 15.6 Å². The SMILES string of the molecule is COc1nc(-c2cccc(-c3cccc(-c4ccn5c(=O)c(CN(C[C@@H]6CCC(=O)N6)C(=O)OC(C)(C)C)cnc5c4)c3Cl)c2Cl)ccc1CN1CC2(COC2)C1. The molecule has 3 aromatic heterocycles. The molecular weight excluding hydrogens is 767 g/mol. The fourth-order valence-electron chi connectivity index (χ4n) is 7.85. The normalized spacial score (nSPS) is 17.6. The van der Waals surface area contributed by atoms with E-state index in [0.29, 0.717) is 51.1 Å². The van der Waals surface area contributed by atoms with Crippen LogP contribution in [0, 0.1) is 5.41 Å². The van der Waals surface area contributed by atoms with Crippen molar-refractivity contribution in [1.29, 1.82) is 0 Å². The summed E-state index contributed by atoms with van der Waals surface area (Å²) in [5.41, 5.74) is 5.38. The van der Waals surface area contributed by atoms with Gasteiger partial charge in [-0.3, -0.25) is 18.9 Å². The Morgan fingerprint density at radius 3 is 2.33 bits per heavy atom. The van der Waals surface area contributed by atoms with E-state index in [-0.39, 0.29) is 30.6 Å². The van der Waals surface area contributed by atoms with Gasteiger partial charge >= 0.3 is 6.09 Å². The summed E-state index contributed by atoms with van der Waals surface area (Å²) in [4.78, 5) is 52.2. The maximum atomic E-state index is 13.8. The van der Waals surface area contributed by atoms with Gasteiger partial charge in [0.05, 0.1) is 48.2 Å². The predicted molar refractivity (Wildman–Crippen MR) is 218 cm³/mol. The molecule has 3 aliphatic heterocycles. The van der Waals surface area contributed by atoms with E-state index in [1.54, 1.807) is 46.2 Å². The van der Waals surface area contributed by atoms with Crippen LogP contribution in [0.3, 0.4) is 0 Å². The largest absolute Gasteiger partial charge is 0.481 e. The number of hydrogen-bond donors (Lipinski definition) is 1. The van der Waals surface area contributed by atoms with Gasteiger partial charge in [-0.05, 0) is 51.0 Å². The Morgan fingerprint density at radius 1 is 0.982 bits per heavy atom. The van der Waals surface area contributed by atoms with Crippen molar-refractivity contribution in [1.82, 2.24) is 29.5 Å². The van der Waals surface area contributed by atoms with Gasteiger partial charge in [-0.2, -0.15) is 0 Å². The number of methoxy groups -OCH3 is 1. The first-order chi connectivity index (χ1) is 27.3. The number of pyridine rings is 2. The Bertz CT molecular complexity index is 2440. The summed E-state index contributed by atoms with van der Waals surface area (Å²) in [6, 6.07) is 18.9. The molecule has 3 saturated heterocycles. The Morgan fingerprint density at radius 2 is 1.68 bits per heavy atom. The molecular formula is C43H44Cl2N6O6. The van der Waals surface area contributed by atoms with Crippen LogP contribution in [0.25, 0.3) is 39.2 Å². The summed E-state index contributed by atoms with van der Waals surface area (Å²) in [6.45, 7) is 9.97. The quantitative estimate of drug-likeness (QED) is 0.155. The second-order valence-corrected chi connectivity index (χ2v) is 17.0. The van der Waals surface area contributed by atoms with Crippen LogP contribution in [0.5, 0.6) is 5.88 Å². The molecule has 2 aromatic carbocycles. The number of halogens is 2. The van der Waals surface area contributed by atoms with Gasteiger partial charge in [-0.15, -0.1) is 0 Å². The lowest BCUT2D eigenvalue weighted by Crippen LogP contribution is -2.65. The molecule has 3 aliphatic rings. The smallest absolute Gasteiger partial charge is 0.410 e. The molecule has 5 aromatic rings. The van der Waals surface area contributed by atoms with Crippen molar-refractivity contribution < 1.29 is 23.8 Å². The lowest BCUT2D eigenvalue weighted by molar-refractivity contribution is -0.191. The first-order valence-corrected chi connectivity index (χ1v) is 19.8. The lowest BCUT2D eigenvalue weighted by Gasteiger charge is -2.55. The Labute approximate surface area is 340 Å². The van der Waals surface area contributed by atoms with Crippen LogP contribution >= 0.6 is 23.2 Å². The number of fused-ring (bicyclic) bond motifs is 1. The van der Waals surface area contributed by atoms with E-state index in [1.807, 2.05) is 42.5 Å². The summed E-state index contributed by atoms with van der Waals surface area (Å²) in [5, 5.41) is 3.87. The van der Waals surface area contributed by atoms with Crippen LogP contribution in [0.2, 0.25) is 10.0 Å². The molecule has 0 unspecified atom stereocenters. The summed E-state index contributed by atoms with van der Waals surface area (Å²) in [7, 11) is 1.63. The molecule has 3 fully saturated rings. The zero-order valence-corrected chi connectivity index (χ0v) is 33.8. The van der Waals surface area contributed by atoms with E-state index in [0.717, 1.165) is 66.2 Å². The molecule has 0 aliphatic carbocycles. The van der Waals surface area contributed by atoms with Gasteiger partial charge in [0.2, 0.25) is 11.8 Å².